The van der Waals surface area contributed by atoms with E-state index in [1.165, 1.54) is 12.1 Å². The maximum absolute atomic E-state index is 13.1. The molecular weight excluding hydrogens is 318 g/mol. The Hall–Kier alpha value is -2.76. The molecule has 0 bridgehead atoms. The highest BCUT2D eigenvalue weighted by molar-refractivity contribution is 5.95. The SMILES string of the molecule is Cc1nc(C(=O)N2CC[C@@H]3CC[C@@]32c2cccnc2)ccc1C(=O)O. The molecule has 6 heteroatoms. The summed E-state index contributed by atoms with van der Waals surface area (Å²) < 4.78 is 0. The number of likely N-dealkylation sites (tertiary alicyclic amines) is 1. The lowest BCUT2D eigenvalue weighted by Gasteiger charge is -2.50. The van der Waals surface area contributed by atoms with Gasteiger partial charge in [-0.05, 0) is 55.9 Å². The van der Waals surface area contributed by atoms with E-state index in [1.807, 2.05) is 23.2 Å². The maximum Gasteiger partial charge on any atom is 0.337 e. The number of fused-ring (bicyclic) bond motifs is 1. The van der Waals surface area contributed by atoms with E-state index in [0.717, 1.165) is 24.8 Å². The molecular formula is C19H19N3O3. The fraction of sp³-hybridized carbons (Fsp3) is 0.368. The number of aromatic carboxylic acids is 1. The largest absolute Gasteiger partial charge is 0.478 e. The van der Waals surface area contributed by atoms with Crippen molar-refractivity contribution < 1.29 is 14.7 Å². The number of nitrogens with zero attached hydrogens (tertiary/aromatic N) is 3. The molecule has 2 aliphatic rings. The van der Waals surface area contributed by atoms with E-state index in [0.29, 0.717) is 23.9 Å². The first-order valence-electron chi connectivity index (χ1n) is 8.47. The Morgan fingerprint density at radius 2 is 2.12 bits per heavy atom. The van der Waals surface area contributed by atoms with Crippen LogP contribution in [-0.4, -0.2) is 38.4 Å². The lowest BCUT2D eigenvalue weighted by Crippen LogP contribution is -2.53. The van der Waals surface area contributed by atoms with Crippen molar-refractivity contribution in [3.63, 3.8) is 0 Å². The predicted octanol–water partition coefficient (Wildman–Crippen LogP) is 2.63. The second-order valence-corrected chi connectivity index (χ2v) is 6.78. The molecule has 6 nitrogen and oxygen atoms in total. The van der Waals surface area contributed by atoms with Crippen LogP contribution in [0.2, 0.25) is 0 Å². The first-order valence-corrected chi connectivity index (χ1v) is 8.47. The Balaban J connectivity index is 1.70. The van der Waals surface area contributed by atoms with Crippen LogP contribution in [-0.2, 0) is 5.54 Å². The van der Waals surface area contributed by atoms with E-state index in [9.17, 15) is 9.59 Å². The van der Waals surface area contributed by atoms with Gasteiger partial charge in [-0.25, -0.2) is 9.78 Å². The average molecular weight is 337 g/mol. The monoisotopic (exact) mass is 337 g/mol. The second-order valence-electron chi connectivity index (χ2n) is 6.78. The van der Waals surface area contributed by atoms with Gasteiger partial charge in [0.05, 0.1) is 16.8 Å². The van der Waals surface area contributed by atoms with Gasteiger partial charge < -0.3 is 10.0 Å². The van der Waals surface area contributed by atoms with Crippen LogP contribution in [0.5, 0.6) is 0 Å². The summed E-state index contributed by atoms with van der Waals surface area (Å²) in [6.07, 6.45) is 6.62. The van der Waals surface area contributed by atoms with E-state index < -0.39 is 5.97 Å². The quantitative estimate of drug-likeness (QED) is 0.931. The Bertz CT molecular complexity index is 852. The lowest BCUT2D eigenvalue weighted by atomic mass is 9.64. The van der Waals surface area contributed by atoms with E-state index in [4.69, 9.17) is 5.11 Å². The van der Waals surface area contributed by atoms with Crippen molar-refractivity contribution in [2.45, 2.75) is 31.7 Å². The van der Waals surface area contributed by atoms with Crippen LogP contribution in [0.4, 0.5) is 0 Å². The molecule has 2 fully saturated rings. The molecule has 0 aromatic carbocycles. The van der Waals surface area contributed by atoms with Gasteiger partial charge in [0, 0.05) is 18.9 Å². The van der Waals surface area contributed by atoms with Crippen molar-refractivity contribution in [2.24, 2.45) is 5.92 Å². The zero-order valence-corrected chi connectivity index (χ0v) is 14.0. The van der Waals surface area contributed by atoms with Crippen molar-refractivity contribution in [1.29, 1.82) is 0 Å². The number of hydrogen-bond donors (Lipinski definition) is 1. The van der Waals surface area contributed by atoms with E-state index in [2.05, 4.69) is 9.97 Å². The van der Waals surface area contributed by atoms with Gasteiger partial charge in [0.15, 0.2) is 0 Å². The second kappa shape index (κ2) is 5.65. The molecule has 1 saturated heterocycles. The number of aromatic nitrogens is 2. The van der Waals surface area contributed by atoms with Crippen LogP contribution in [0.1, 0.15) is 51.4 Å². The van der Waals surface area contributed by atoms with Gasteiger partial charge in [0.1, 0.15) is 5.69 Å². The summed E-state index contributed by atoms with van der Waals surface area (Å²) in [6, 6.07) is 6.92. The van der Waals surface area contributed by atoms with Gasteiger partial charge in [-0.15, -0.1) is 0 Å². The van der Waals surface area contributed by atoms with Crippen LogP contribution in [0.15, 0.2) is 36.7 Å². The van der Waals surface area contributed by atoms with Gasteiger partial charge in [-0.1, -0.05) is 6.07 Å². The number of pyridine rings is 2. The number of amides is 1. The van der Waals surface area contributed by atoms with Crippen LogP contribution < -0.4 is 0 Å². The summed E-state index contributed by atoms with van der Waals surface area (Å²) in [6.45, 7) is 2.31. The lowest BCUT2D eigenvalue weighted by molar-refractivity contribution is 0.0138. The molecule has 1 saturated carbocycles. The summed E-state index contributed by atoms with van der Waals surface area (Å²) in [4.78, 5) is 34.7. The first-order chi connectivity index (χ1) is 12.0. The number of carbonyl (C=O) groups is 2. The topological polar surface area (TPSA) is 83.4 Å². The zero-order valence-electron chi connectivity index (χ0n) is 14.0. The van der Waals surface area contributed by atoms with Crippen molar-refractivity contribution in [1.82, 2.24) is 14.9 Å². The summed E-state index contributed by atoms with van der Waals surface area (Å²) in [5.74, 6) is -0.706. The van der Waals surface area contributed by atoms with Gasteiger partial charge in [0.2, 0.25) is 0 Å². The Labute approximate surface area is 145 Å². The van der Waals surface area contributed by atoms with Crippen molar-refractivity contribution in [2.75, 3.05) is 6.54 Å². The van der Waals surface area contributed by atoms with Gasteiger partial charge in [0.25, 0.3) is 5.91 Å². The molecule has 25 heavy (non-hydrogen) atoms. The summed E-state index contributed by atoms with van der Waals surface area (Å²) >= 11 is 0. The molecule has 4 rings (SSSR count). The molecule has 1 amide bonds. The minimum atomic E-state index is -1.03. The first kappa shape index (κ1) is 15.7. The Morgan fingerprint density at radius 3 is 2.72 bits per heavy atom. The highest BCUT2D eigenvalue weighted by Crippen LogP contribution is 2.57. The van der Waals surface area contributed by atoms with Crippen LogP contribution in [0.3, 0.4) is 0 Å². The predicted molar refractivity (Wildman–Crippen MR) is 90.2 cm³/mol. The molecule has 1 N–H and O–H groups in total. The summed E-state index contributed by atoms with van der Waals surface area (Å²) in [5, 5.41) is 9.14. The highest BCUT2D eigenvalue weighted by Gasteiger charge is 2.57. The summed E-state index contributed by atoms with van der Waals surface area (Å²) in [5.41, 5.74) is 1.58. The molecule has 0 radical (unpaired) electrons. The average Bonchev–Trinajstić information content (AvgIpc) is 2.85. The third-order valence-corrected chi connectivity index (χ3v) is 5.67. The van der Waals surface area contributed by atoms with Crippen molar-refractivity contribution >= 4 is 11.9 Å². The molecule has 2 aromatic rings. The standard InChI is InChI=1S/C19H19N3O3/c1-12-15(18(24)25)4-5-16(21-12)17(23)22-10-7-13-6-8-19(13,22)14-3-2-9-20-11-14/h2-5,9,11,13H,6-8,10H2,1H3,(H,24,25)/t13-,19-/m0/s1. The van der Waals surface area contributed by atoms with Crippen LogP contribution in [0, 0.1) is 12.8 Å². The number of aryl methyl sites for hydroxylation is 1. The molecule has 1 aliphatic carbocycles. The molecule has 0 spiro atoms. The van der Waals surface area contributed by atoms with Crippen molar-refractivity contribution in [3.05, 3.63) is 59.2 Å². The molecule has 2 atom stereocenters. The number of hydrogen-bond acceptors (Lipinski definition) is 4. The maximum atomic E-state index is 13.1. The summed E-state index contributed by atoms with van der Waals surface area (Å²) in [7, 11) is 0. The van der Waals surface area contributed by atoms with E-state index in [-0.39, 0.29) is 17.0 Å². The third-order valence-electron chi connectivity index (χ3n) is 5.67. The zero-order chi connectivity index (χ0) is 17.6. The molecule has 1 aliphatic heterocycles. The molecule has 128 valence electrons. The fourth-order valence-electron chi connectivity index (χ4n) is 4.33. The molecule has 3 heterocycles. The minimum Gasteiger partial charge on any atom is -0.478 e. The number of carboxylic acid groups (broad SMARTS) is 1. The van der Waals surface area contributed by atoms with E-state index in [1.54, 1.807) is 13.1 Å². The van der Waals surface area contributed by atoms with Crippen molar-refractivity contribution in [3.8, 4) is 0 Å². The number of carboxylic acids is 1. The van der Waals surface area contributed by atoms with Crippen LogP contribution >= 0.6 is 0 Å². The normalized spacial score (nSPS) is 24.5. The smallest absolute Gasteiger partial charge is 0.337 e. The van der Waals surface area contributed by atoms with Crippen LogP contribution in [0.25, 0.3) is 0 Å². The Morgan fingerprint density at radius 1 is 1.28 bits per heavy atom. The minimum absolute atomic E-state index is 0.126. The van der Waals surface area contributed by atoms with Gasteiger partial charge >= 0.3 is 5.97 Å². The van der Waals surface area contributed by atoms with Gasteiger partial charge in [-0.2, -0.15) is 0 Å². The highest BCUT2D eigenvalue weighted by atomic mass is 16.4. The fourth-order valence-corrected chi connectivity index (χ4v) is 4.33. The number of rotatable bonds is 3. The van der Waals surface area contributed by atoms with Gasteiger partial charge in [-0.3, -0.25) is 9.78 Å². The Kier molecular flexibility index (Phi) is 3.56. The third kappa shape index (κ3) is 2.24. The number of carbonyl (C=O) groups excluding carboxylic acids is 1. The molecule has 2 aromatic heterocycles. The molecule has 0 unspecified atom stereocenters. The van der Waals surface area contributed by atoms with E-state index >= 15 is 0 Å².